The molecule has 0 heterocycles. The Hall–Kier alpha value is -0.640. The minimum atomic E-state index is -0.682. The van der Waals surface area contributed by atoms with Gasteiger partial charge in [0.2, 0.25) is 5.91 Å². The summed E-state index contributed by atoms with van der Waals surface area (Å²) in [6.07, 6.45) is 3.24. The molecule has 0 aliphatic carbocycles. The molecule has 0 aromatic rings. The van der Waals surface area contributed by atoms with Crippen molar-refractivity contribution in [1.29, 1.82) is 0 Å². The van der Waals surface area contributed by atoms with Crippen LogP contribution in [-0.2, 0) is 4.79 Å². The number of nitrogens with one attached hydrogen (secondary N) is 1. The molecule has 19 heavy (non-hydrogen) atoms. The van der Waals surface area contributed by atoms with Gasteiger partial charge in [0.15, 0.2) is 0 Å². The van der Waals surface area contributed by atoms with Gasteiger partial charge < -0.3 is 11.1 Å². The van der Waals surface area contributed by atoms with Crippen molar-refractivity contribution in [3.05, 3.63) is 0 Å². The Bertz CT molecular complexity index is 315. The summed E-state index contributed by atoms with van der Waals surface area (Å²) in [5.41, 5.74) is 5.24. The quantitative estimate of drug-likeness (QED) is 0.705. The fourth-order valence-corrected chi connectivity index (χ4v) is 2.41. The predicted molar refractivity (Wildman–Crippen MR) is 86.1 cm³/mol. The normalized spacial score (nSPS) is 14.0. The molecule has 0 aliphatic heterocycles. The number of nitrogens with two attached hydrogens (primary N) is 1. The van der Waals surface area contributed by atoms with Crippen LogP contribution in [0.25, 0.3) is 0 Å². The predicted octanol–water partition coefficient (Wildman–Crippen LogP) is 3.41. The van der Waals surface area contributed by atoms with Gasteiger partial charge in [0.25, 0.3) is 0 Å². The Labute approximate surface area is 123 Å². The molecule has 4 heteroatoms. The molecule has 0 fully saturated rings. The SMILES string of the molecule is CCCC(CCC)(C(=O)NC(C)C(C)(C)C)C(N)=S. The molecular weight excluding hydrogens is 256 g/mol. The van der Waals surface area contributed by atoms with Crippen LogP contribution in [0.4, 0.5) is 0 Å². The van der Waals surface area contributed by atoms with Gasteiger partial charge in [-0.2, -0.15) is 0 Å². The fourth-order valence-electron chi connectivity index (χ4n) is 2.12. The second kappa shape index (κ2) is 7.22. The van der Waals surface area contributed by atoms with Crippen molar-refractivity contribution in [1.82, 2.24) is 5.32 Å². The highest BCUT2D eigenvalue weighted by molar-refractivity contribution is 7.80. The third-order valence-corrected chi connectivity index (χ3v) is 4.30. The first-order valence-electron chi connectivity index (χ1n) is 7.22. The lowest BCUT2D eigenvalue weighted by Gasteiger charge is -2.35. The molecule has 1 unspecified atom stereocenters. The standard InChI is InChI=1S/C15H30N2OS/c1-7-9-15(10-8-2,12(16)19)13(18)17-11(3)14(4,5)6/h11H,7-10H2,1-6H3,(H2,16,19)(H,17,18). The van der Waals surface area contributed by atoms with E-state index < -0.39 is 5.41 Å². The van der Waals surface area contributed by atoms with Gasteiger partial charge in [0.1, 0.15) is 0 Å². The van der Waals surface area contributed by atoms with Gasteiger partial charge in [-0.15, -0.1) is 0 Å². The summed E-state index contributed by atoms with van der Waals surface area (Å²) in [5, 5.41) is 3.11. The number of hydrogen-bond acceptors (Lipinski definition) is 2. The Balaban J connectivity index is 5.16. The number of amides is 1. The molecule has 112 valence electrons. The first kappa shape index (κ1) is 18.4. The minimum Gasteiger partial charge on any atom is -0.392 e. The summed E-state index contributed by atoms with van der Waals surface area (Å²) >= 11 is 5.20. The number of carbonyl (C=O) groups is 1. The van der Waals surface area contributed by atoms with Crippen LogP contribution >= 0.6 is 12.2 Å². The maximum absolute atomic E-state index is 12.7. The largest absolute Gasteiger partial charge is 0.392 e. The van der Waals surface area contributed by atoms with Crippen molar-refractivity contribution in [2.45, 2.75) is 73.3 Å². The van der Waals surface area contributed by atoms with E-state index >= 15 is 0 Å². The zero-order chi connectivity index (χ0) is 15.3. The van der Waals surface area contributed by atoms with Crippen LogP contribution in [-0.4, -0.2) is 16.9 Å². The summed E-state index contributed by atoms with van der Waals surface area (Å²) in [6.45, 7) is 12.5. The first-order valence-corrected chi connectivity index (χ1v) is 7.63. The van der Waals surface area contributed by atoms with Crippen molar-refractivity contribution in [3.8, 4) is 0 Å². The van der Waals surface area contributed by atoms with E-state index in [-0.39, 0.29) is 17.4 Å². The molecule has 0 saturated heterocycles. The monoisotopic (exact) mass is 286 g/mol. The molecule has 0 rings (SSSR count). The van der Waals surface area contributed by atoms with E-state index in [1.54, 1.807) is 0 Å². The highest BCUT2D eigenvalue weighted by atomic mass is 32.1. The number of carbonyl (C=O) groups excluding carboxylic acids is 1. The van der Waals surface area contributed by atoms with E-state index in [1.165, 1.54) is 0 Å². The summed E-state index contributed by atoms with van der Waals surface area (Å²) in [6, 6.07) is 0.0856. The van der Waals surface area contributed by atoms with Crippen LogP contribution in [0.2, 0.25) is 0 Å². The third-order valence-electron chi connectivity index (χ3n) is 3.91. The van der Waals surface area contributed by atoms with Gasteiger partial charge in [-0.05, 0) is 25.2 Å². The van der Waals surface area contributed by atoms with Crippen LogP contribution in [0.3, 0.4) is 0 Å². The smallest absolute Gasteiger partial charge is 0.233 e. The average molecular weight is 286 g/mol. The second-order valence-electron chi connectivity index (χ2n) is 6.51. The van der Waals surface area contributed by atoms with E-state index in [2.05, 4.69) is 39.9 Å². The van der Waals surface area contributed by atoms with Gasteiger partial charge in [-0.25, -0.2) is 0 Å². The molecule has 0 aromatic carbocycles. The van der Waals surface area contributed by atoms with Crippen molar-refractivity contribution in [2.75, 3.05) is 0 Å². The van der Waals surface area contributed by atoms with Gasteiger partial charge in [-0.1, -0.05) is 59.7 Å². The molecule has 0 spiro atoms. The zero-order valence-corrected chi connectivity index (χ0v) is 14.1. The lowest BCUT2D eigenvalue weighted by molar-refractivity contribution is -0.129. The van der Waals surface area contributed by atoms with Crippen molar-refractivity contribution < 1.29 is 4.79 Å². The molecule has 1 atom stereocenters. The Morgan fingerprint density at radius 1 is 1.21 bits per heavy atom. The van der Waals surface area contributed by atoms with Gasteiger partial charge >= 0.3 is 0 Å². The molecule has 0 radical (unpaired) electrons. The highest BCUT2D eigenvalue weighted by Gasteiger charge is 2.41. The summed E-state index contributed by atoms with van der Waals surface area (Å²) in [4.78, 5) is 13.0. The maximum Gasteiger partial charge on any atom is 0.233 e. The van der Waals surface area contributed by atoms with Crippen LogP contribution in [0, 0.1) is 10.8 Å². The summed E-state index contributed by atoms with van der Waals surface area (Å²) in [7, 11) is 0. The maximum atomic E-state index is 12.7. The molecular formula is C15H30N2OS. The van der Waals surface area contributed by atoms with E-state index in [1.807, 2.05) is 6.92 Å². The van der Waals surface area contributed by atoms with Crippen molar-refractivity contribution >= 4 is 23.1 Å². The van der Waals surface area contributed by atoms with Gasteiger partial charge in [0.05, 0.1) is 10.4 Å². The second-order valence-corrected chi connectivity index (χ2v) is 6.95. The van der Waals surface area contributed by atoms with Crippen molar-refractivity contribution in [2.24, 2.45) is 16.6 Å². The summed E-state index contributed by atoms with van der Waals surface area (Å²) < 4.78 is 0. The molecule has 0 aromatic heterocycles. The van der Waals surface area contributed by atoms with Crippen molar-refractivity contribution in [3.63, 3.8) is 0 Å². The molecule has 3 N–H and O–H groups in total. The Kier molecular flexibility index (Phi) is 6.98. The van der Waals surface area contributed by atoms with Crippen LogP contribution in [0.1, 0.15) is 67.2 Å². The topological polar surface area (TPSA) is 55.1 Å². The lowest BCUT2D eigenvalue weighted by Crippen LogP contribution is -2.53. The number of thiocarbonyl (C=S) groups is 1. The van der Waals surface area contributed by atoms with Gasteiger partial charge in [-0.3, -0.25) is 4.79 Å². The third kappa shape index (κ3) is 4.75. The highest BCUT2D eigenvalue weighted by Crippen LogP contribution is 2.32. The van der Waals surface area contributed by atoms with Gasteiger partial charge in [0, 0.05) is 6.04 Å². The van der Waals surface area contributed by atoms with E-state index in [0.717, 1.165) is 25.7 Å². The summed E-state index contributed by atoms with van der Waals surface area (Å²) in [5.74, 6) is -0.00822. The minimum absolute atomic E-state index is 0.00822. The zero-order valence-electron chi connectivity index (χ0n) is 13.3. The lowest BCUT2D eigenvalue weighted by atomic mass is 9.77. The average Bonchev–Trinajstić information content (AvgIpc) is 2.26. The number of hydrogen-bond donors (Lipinski definition) is 2. The first-order chi connectivity index (χ1) is 8.61. The van der Waals surface area contributed by atoms with Crippen LogP contribution in [0.15, 0.2) is 0 Å². The van der Waals surface area contributed by atoms with E-state index in [4.69, 9.17) is 18.0 Å². The van der Waals surface area contributed by atoms with Crippen LogP contribution < -0.4 is 11.1 Å². The van der Waals surface area contributed by atoms with Crippen LogP contribution in [0.5, 0.6) is 0 Å². The molecule has 3 nitrogen and oxygen atoms in total. The molecule has 0 saturated carbocycles. The molecule has 1 amide bonds. The Morgan fingerprint density at radius 3 is 1.89 bits per heavy atom. The molecule has 0 bridgehead atoms. The van der Waals surface area contributed by atoms with E-state index in [9.17, 15) is 4.79 Å². The Morgan fingerprint density at radius 2 is 1.63 bits per heavy atom. The molecule has 0 aliphatic rings. The van der Waals surface area contributed by atoms with E-state index in [0.29, 0.717) is 4.99 Å². The number of rotatable bonds is 7. The fraction of sp³-hybridized carbons (Fsp3) is 0.867.